The summed E-state index contributed by atoms with van der Waals surface area (Å²) in [5, 5.41) is 16.7. The molecule has 0 aromatic heterocycles. The van der Waals surface area contributed by atoms with Crippen molar-refractivity contribution in [2.75, 3.05) is 0 Å². The number of hydrogen-bond acceptors (Lipinski definition) is 0. The number of alkyl halides is 6. The highest BCUT2D eigenvalue weighted by atomic mass is 19.4. The molecule has 0 atom stereocenters. The molecule has 0 amide bonds. The van der Waals surface area contributed by atoms with Crippen molar-refractivity contribution in [3.8, 4) is 0 Å². The van der Waals surface area contributed by atoms with E-state index in [2.05, 4.69) is 24.3 Å². The molecule has 11 aromatic carbocycles. The average Bonchev–Trinajstić information content (AvgIpc) is 3.09. The van der Waals surface area contributed by atoms with Gasteiger partial charge in [0.1, 0.15) is 0 Å². The molecule has 11 rings (SSSR count). The topological polar surface area (TPSA) is 0 Å². The second-order valence-corrected chi connectivity index (χ2v) is 12.9. The SMILES string of the molecule is FC(F)(F)c1ccc2c(c1)c1ccc3c4ccccc4c4c5ccccc5c5ccc6c7cc(C(F)(F)F)ccc7c2c2c1c3c4c5c62. The van der Waals surface area contributed by atoms with E-state index in [0.29, 0.717) is 37.7 Å². The van der Waals surface area contributed by atoms with Crippen molar-refractivity contribution >= 4 is 108 Å². The Kier molecular flexibility index (Phi) is 4.55. The summed E-state index contributed by atoms with van der Waals surface area (Å²) in [4.78, 5) is 0. The van der Waals surface area contributed by atoms with Crippen LogP contribution in [0.15, 0.2) is 109 Å². The molecule has 6 heteroatoms. The van der Waals surface area contributed by atoms with Gasteiger partial charge in [0, 0.05) is 0 Å². The van der Waals surface area contributed by atoms with E-state index >= 15 is 0 Å². The Hall–Kier alpha value is -5.62. The number of fused-ring (bicyclic) bond motifs is 12. The number of hydrogen-bond donors (Lipinski definition) is 0. The van der Waals surface area contributed by atoms with Gasteiger partial charge in [0.15, 0.2) is 0 Å². The molecule has 0 spiro atoms. The van der Waals surface area contributed by atoms with Crippen LogP contribution in [0.3, 0.4) is 0 Å². The molecule has 0 nitrogen and oxygen atoms in total. The molecular formula is C42H18F6. The molecule has 0 N–H and O–H groups in total. The maximum atomic E-state index is 14.2. The van der Waals surface area contributed by atoms with Gasteiger partial charge in [-0.05, 0) is 132 Å². The van der Waals surface area contributed by atoms with E-state index in [9.17, 15) is 26.3 Å². The standard InChI is InChI=1S/C42H18F6/c43-41(44,45)19-9-11-27-31(17-19)29-15-13-25-21-5-1-3-7-23(21)33-24-8-4-2-6-22(24)26-14-16-30-32-18-20(42(46,47)48)10-12-28(32)34(27)40-37(29)35(25)39(33)36(26)38(30)40/h1-18H. The Balaban J connectivity index is 1.58. The highest BCUT2D eigenvalue weighted by molar-refractivity contribution is 6.55. The Morgan fingerprint density at radius 2 is 0.521 bits per heavy atom. The number of benzene rings is 11. The molecule has 0 radical (unpaired) electrons. The minimum atomic E-state index is -4.57. The quantitative estimate of drug-likeness (QED) is 0.0883. The fraction of sp³-hybridized carbons (Fsp3) is 0.0476. The van der Waals surface area contributed by atoms with Gasteiger partial charge >= 0.3 is 12.4 Å². The number of rotatable bonds is 0. The van der Waals surface area contributed by atoms with Crippen LogP contribution in [-0.4, -0.2) is 0 Å². The Morgan fingerprint density at radius 1 is 0.250 bits per heavy atom. The molecular weight excluding hydrogens is 618 g/mol. The summed E-state index contributed by atoms with van der Waals surface area (Å²) in [6.45, 7) is 0. The van der Waals surface area contributed by atoms with Crippen molar-refractivity contribution in [3.05, 3.63) is 120 Å². The first kappa shape index (κ1) is 26.4. The maximum Gasteiger partial charge on any atom is 0.416 e. The number of halogens is 6. The van der Waals surface area contributed by atoms with Gasteiger partial charge in [0.05, 0.1) is 11.1 Å². The molecule has 0 saturated heterocycles. The van der Waals surface area contributed by atoms with Crippen LogP contribution in [0.25, 0.3) is 108 Å². The monoisotopic (exact) mass is 636 g/mol. The van der Waals surface area contributed by atoms with E-state index in [1.54, 1.807) is 0 Å². The Labute approximate surface area is 266 Å². The lowest BCUT2D eigenvalue weighted by Crippen LogP contribution is -2.05. The van der Waals surface area contributed by atoms with Crippen molar-refractivity contribution in [2.24, 2.45) is 0 Å². The molecule has 48 heavy (non-hydrogen) atoms. The average molecular weight is 637 g/mol. The van der Waals surface area contributed by atoms with Gasteiger partial charge in [-0.15, -0.1) is 0 Å². The minimum absolute atomic E-state index is 0.424. The summed E-state index contributed by atoms with van der Waals surface area (Å²) in [6.07, 6.45) is -9.14. The fourth-order valence-corrected chi connectivity index (χ4v) is 8.92. The smallest absolute Gasteiger partial charge is 0.166 e. The second-order valence-electron chi connectivity index (χ2n) is 12.9. The van der Waals surface area contributed by atoms with Crippen LogP contribution in [0, 0.1) is 0 Å². The molecule has 0 bridgehead atoms. The van der Waals surface area contributed by atoms with Crippen molar-refractivity contribution in [1.82, 2.24) is 0 Å². The zero-order valence-electron chi connectivity index (χ0n) is 24.7. The zero-order valence-corrected chi connectivity index (χ0v) is 24.7. The minimum Gasteiger partial charge on any atom is -0.166 e. The molecule has 0 aliphatic rings. The zero-order chi connectivity index (χ0) is 32.4. The fourth-order valence-electron chi connectivity index (χ4n) is 8.92. The van der Waals surface area contributed by atoms with Crippen LogP contribution in [0.1, 0.15) is 11.1 Å². The van der Waals surface area contributed by atoms with Crippen LogP contribution >= 0.6 is 0 Å². The van der Waals surface area contributed by atoms with Crippen LogP contribution in [0.2, 0.25) is 0 Å². The predicted molar refractivity (Wildman–Crippen MR) is 185 cm³/mol. The van der Waals surface area contributed by atoms with E-state index < -0.39 is 23.5 Å². The van der Waals surface area contributed by atoms with Crippen LogP contribution in [-0.2, 0) is 12.4 Å². The van der Waals surface area contributed by atoms with E-state index in [0.717, 1.165) is 82.2 Å². The van der Waals surface area contributed by atoms with Gasteiger partial charge in [0.2, 0.25) is 0 Å². The third-order valence-electron chi connectivity index (χ3n) is 10.7. The van der Waals surface area contributed by atoms with Crippen molar-refractivity contribution in [3.63, 3.8) is 0 Å². The maximum absolute atomic E-state index is 14.2. The Bertz CT molecular complexity index is 2980. The highest BCUT2D eigenvalue weighted by Gasteiger charge is 2.34. The summed E-state index contributed by atoms with van der Waals surface area (Å²) >= 11 is 0. The third-order valence-corrected chi connectivity index (χ3v) is 10.7. The molecule has 0 aliphatic carbocycles. The molecule has 0 aliphatic heterocycles. The molecule has 0 fully saturated rings. The highest BCUT2D eigenvalue weighted by Crippen LogP contribution is 2.56. The van der Waals surface area contributed by atoms with E-state index in [1.807, 2.05) is 48.5 Å². The first-order valence-electron chi connectivity index (χ1n) is 15.6. The largest absolute Gasteiger partial charge is 0.416 e. The second kappa shape index (κ2) is 8.26. The normalized spacial score (nSPS) is 13.6. The van der Waals surface area contributed by atoms with Crippen LogP contribution in [0.4, 0.5) is 26.3 Å². The molecule has 228 valence electrons. The third kappa shape index (κ3) is 3.00. The van der Waals surface area contributed by atoms with Crippen molar-refractivity contribution in [1.29, 1.82) is 0 Å². The van der Waals surface area contributed by atoms with Gasteiger partial charge in [0.25, 0.3) is 0 Å². The van der Waals surface area contributed by atoms with E-state index in [4.69, 9.17) is 0 Å². The summed E-state index contributed by atoms with van der Waals surface area (Å²) in [5.74, 6) is 0. The van der Waals surface area contributed by atoms with E-state index in [-0.39, 0.29) is 0 Å². The van der Waals surface area contributed by atoms with Crippen molar-refractivity contribution < 1.29 is 26.3 Å². The van der Waals surface area contributed by atoms with Crippen LogP contribution < -0.4 is 0 Å². The summed E-state index contributed by atoms with van der Waals surface area (Å²) in [6, 6.07) is 31.8. The lowest BCUT2D eigenvalue weighted by molar-refractivity contribution is -0.138. The predicted octanol–water partition coefficient (Wildman–Crippen LogP) is 13.6. The van der Waals surface area contributed by atoms with Gasteiger partial charge in [-0.25, -0.2) is 0 Å². The molecule has 11 aromatic rings. The summed E-state index contributed by atoms with van der Waals surface area (Å²) in [7, 11) is 0. The molecule has 0 saturated carbocycles. The lowest BCUT2D eigenvalue weighted by atomic mass is 9.76. The first-order valence-corrected chi connectivity index (χ1v) is 15.6. The van der Waals surface area contributed by atoms with Gasteiger partial charge in [-0.3, -0.25) is 0 Å². The van der Waals surface area contributed by atoms with Crippen molar-refractivity contribution in [2.45, 2.75) is 12.4 Å². The van der Waals surface area contributed by atoms with Crippen LogP contribution in [0.5, 0.6) is 0 Å². The van der Waals surface area contributed by atoms with Gasteiger partial charge in [-0.2, -0.15) is 26.3 Å². The van der Waals surface area contributed by atoms with Gasteiger partial charge < -0.3 is 0 Å². The summed E-state index contributed by atoms with van der Waals surface area (Å²) < 4.78 is 85.3. The Morgan fingerprint density at radius 3 is 0.875 bits per heavy atom. The first-order chi connectivity index (χ1) is 23.1. The lowest BCUT2D eigenvalue weighted by Gasteiger charge is -2.26. The molecule has 0 unspecified atom stereocenters. The van der Waals surface area contributed by atoms with E-state index in [1.165, 1.54) is 24.3 Å². The molecule has 0 heterocycles. The van der Waals surface area contributed by atoms with Gasteiger partial charge in [-0.1, -0.05) is 84.9 Å². The summed E-state index contributed by atoms with van der Waals surface area (Å²) in [5.41, 5.74) is -1.54.